The molecule has 14 heavy (non-hydrogen) atoms. The second-order valence-corrected chi connectivity index (χ2v) is 4.28. The minimum absolute atomic E-state index is 0.194. The Hall–Kier alpha value is -0.410. The second-order valence-electron chi connectivity index (χ2n) is 4.28. The van der Waals surface area contributed by atoms with Gasteiger partial charge in [0, 0.05) is 19.1 Å². The van der Waals surface area contributed by atoms with Crippen molar-refractivity contribution in [2.75, 3.05) is 33.4 Å². The van der Waals surface area contributed by atoms with E-state index in [9.17, 15) is 4.79 Å². The third kappa shape index (κ3) is 6.11. The standard InChI is InChI=1S/C11H23NO2/c1-5-12(8-9-14-4)7-6-11(2,3)10-13/h10H,5-9H2,1-4H3. The predicted octanol–water partition coefficient (Wildman–Crippen LogP) is 1.57. The molecule has 0 rings (SSSR count). The van der Waals surface area contributed by atoms with Gasteiger partial charge in [-0.1, -0.05) is 20.8 Å². The minimum Gasteiger partial charge on any atom is -0.383 e. The van der Waals surface area contributed by atoms with Gasteiger partial charge in [0.2, 0.25) is 0 Å². The molecule has 0 aliphatic rings. The molecule has 0 amide bonds. The van der Waals surface area contributed by atoms with Gasteiger partial charge < -0.3 is 14.4 Å². The van der Waals surface area contributed by atoms with Crippen LogP contribution in [0.5, 0.6) is 0 Å². The summed E-state index contributed by atoms with van der Waals surface area (Å²) in [6.45, 7) is 9.76. The molecule has 0 saturated heterocycles. The molecule has 0 aromatic rings. The van der Waals surface area contributed by atoms with Crippen molar-refractivity contribution in [3.8, 4) is 0 Å². The molecule has 0 aromatic carbocycles. The molecule has 84 valence electrons. The van der Waals surface area contributed by atoms with Gasteiger partial charge in [-0.2, -0.15) is 0 Å². The molecule has 0 N–H and O–H groups in total. The zero-order chi connectivity index (χ0) is 11.0. The van der Waals surface area contributed by atoms with Crippen molar-refractivity contribution in [1.29, 1.82) is 0 Å². The van der Waals surface area contributed by atoms with Crippen LogP contribution in [0, 0.1) is 5.41 Å². The first kappa shape index (κ1) is 13.6. The number of rotatable bonds is 8. The van der Waals surface area contributed by atoms with Gasteiger partial charge in [0.1, 0.15) is 6.29 Å². The van der Waals surface area contributed by atoms with Gasteiger partial charge >= 0.3 is 0 Å². The van der Waals surface area contributed by atoms with Crippen LogP contribution in [0.4, 0.5) is 0 Å². The highest BCUT2D eigenvalue weighted by atomic mass is 16.5. The van der Waals surface area contributed by atoms with E-state index in [2.05, 4.69) is 11.8 Å². The number of nitrogens with zero attached hydrogens (tertiary/aromatic N) is 1. The summed E-state index contributed by atoms with van der Waals surface area (Å²) >= 11 is 0. The molecule has 0 atom stereocenters. The normalized spacial score (nSPS) is 12.1. The minimum atomic E-state index is -0.194. The Morgan fingerprint density at radius 3 is 2.43 bits per heavy atom. The molecule has 0 unspecified atom stereocenters. The van der Waals surface area contributed by atoms with Crippen molar-refractivity contribution >= 4 is 6.29 Å². The average Bonchev–Trinajstić information content (AvgIpc) is 2.18. The first-order chi connectivity index (χ1) is 6.55. The van der Waals surface area contributed by atoms with Crippen LogP contribution in [-0.2, 0) is 9.53 Å². The lowest BCUT2D eigenvalue weighted by Crippen LogP contribution is -2.31. The summed E-state index contributed by atoms with van der Waals surface area (Å²) in [6, 6.07) is 0. The molecule has 3 heteroatoms. The zero-order valence-electron chi connectivity index (χ0n) is 9.88. The largest absolute Gasteiger partial charge is 0.383 e. The fourth-order valence-corrected chi connectivity index (χ4v) is 1.15. The van der Waals surface area contributed by atoms with Gasteiger partial charge in [-0.15, -0.1) is 0 Å². The Bertz CT molecular complexity index is 157. The van der Waals surface area contributed by atoms with E-state index in [4.69, 9.17) is 4.74 Å². The smallest absolute Gasteiger partial charge is 0.125 e. The lowest BCUT2D eigenvalue weighted by Gasteiger charge is -2.24. The van der Waals surface area contributed by atoms with E-state index in [1.807, 2.05) is 13.8 Å². The number of hydrogen-bond acceptors (Lipinski definition) is 3. The fourth-order valence-electron chi connectivity index (χ4n) is 1.15. The van der Waals surface area contributed by atoms with E-state index in [0.29, 0.717) is 0 Å². The monoisotopic (exact) mass is 201 g/mol. The van der Waals surface area contributed by atoms with E-state index in [1.54, 1.807) is 7.11 Å². The Balaban J connectivity index is 3.77. The lowest BCUT2D eigenvalue weighted by atomic mass is 9.91. The maximum absolute atomic E-state index is 10.7. The summed E-state index contributed by atoms with van der Waals surface area (Å²) in [7, 11) is 1.71. The number of ether oxygens (including phenoxy) is 1. The molecule has 0 spiro atoms. The third-order valence-electron chi connectivity index (χ3n) is 2.45. The number of carbonyl (C=O) groups excluding carboxylic acids is 1. The number of aldehydes is 1. The van der Waals surface area contributed by atoms with E-state index in [1.165, 1.54) is 0 Å². The van der Waals surface area contributed by atoms with Crippen LogP contribution in [0.3, 0.4) is 0 Å². The summed E-state index contributed by atoms with van der Waals surface area (Å²) in [5, 5.41) is 0. The quantitative estimate of drug-likeness (QED) is 0.558. The molecule has 0 aromatic heterocycles. The molecule has 0 saturated carbocycles. The zero-order valence-corrected chi connectivity index (χ0v) is 9.88. The summed E-state index contributed by atoms with van der Waals surface area (Å²) in [6.07, 6.45) is 1.95. The van der Waals surface area contributed by atoms with Crippen molar-refractivity contribution in [1.82, 2.24) is 4.90 Å². The molecule has 0 aliphatic carbocycles. The fraction of sp³-hybridized carbons (Fsp3) is 0.909. The highest BCUT2D eigenvalue weighted by Crippen LogP contribution is 2.16. The number of likely N-dealkylation sites (N-methyl/N-ethyl adjacent to an activating group) is 1. The van der Waals surface area contributed by atoms with Gasteiger partial charge in [0.15, 0.2) is 0 Å². The van der Waals surface area contributed by atoms with Crippen LogP contribution in [0.2, 0.25) is 0 Å². The first-order valence-electron chi connectivity index (χ1n) is 5.23. The van der Waals surface area contributed by atoms with Crippen molar-refractivity contribution < 1.29 is 9.53 Å². The van der Waals surface area contributed by atoms with Gasteiger partial charge in [-0.25, -0.2) is 0 Å². The van der Waals surface area contributed by atoms with Crippen LogP contribution in [-0.4, -0.2) is 44.5 Å². The van der Waals surface area contributed by atoms with Crippen LogP contribution in [0.15, 0.2) is 0 Å². The highest BCUT2D eigenvalue weighted by Gasteiger charge is 2.17. The van der Waals surface area contributed by atoms with Gasteiger partial charge in [0.05, 0.1) is 6.61 Å². The summed E-state index contributed by atoms with van der Waals surface area (Å²) < 4.78 is 5.02. The van der Waals surface area contributed by atoms with Gasteiger partial charge in [-0.3, -0.25) is 0 Å². The van der Waals surface area contributed by atoms with E-state index in [0.717, 1.165) is 38.9 Å². The second kappa shape index (κ2) is 6.96. The maximum Gasteiger partial charge on any atom is 0.125 e. The van der Waals surface area contributed by atoms with Crippen LogP contribution >= 0.6 is 0 Å². The molecular weight excluding hydrogens is 178 g/mol. The SMILES string of the molecule is CCN(CCOC)CCC(C)(C)C=O. The number of methoxy groups -OCH3 is 1. The topological polar surface area (TPSA) is 29.5 Å². The maximum atomic E-state index is 10.7. The van der Waals surface area contributed by atoms with Crippen molar-refractivity contribution in [2.24, 2.45) is 5.41 Å². The van der Waals surface area contributed by atoms with Gasteiger partial charge in [0.25, 0.3) is 0 Å². The van der Waals surface area contributed by atoms with E-state index >= 15 is 0 Å². The Labute approximate surface area is 87.4 Å². The molecule has 0 heterocycles. The number of carbonyl (C=O) groups is 1. The Morgan fingerprint density at radius 2 is 2.00 bits per heavy atom. The molecule has 0 aliphatic heterocycles. The average molecular weight is 201 g/mol. The predicted molar refractivity (Wildman–Crippen MR) is 58.5 cm³/mol. The summed E-state index contributed by atoms with van der Waals surface area (Å²) in [5.41, 5.74) is -0.194. The Kier molecular flexibility index (Phi) is 6.75. The molecule has 0 fully saturated rings. The van der Waals surface area contributed by atoms with E-state index < -0.39 is 0 Å². The Morgan fingerprint density at radius 1 is 1.36 bits per heavy atom. The van der Waals surface area contributed by atoms with E-state index in [-0.39, 0.29) is 5.41 Å². The van der Waals surface area contributed by atoms with Crippen LogP contribution in [0.25, 0.3) is 0 Å². The molecular formula is C11H23NO2. The summed E-state index contributed by atoms with van der Waals surface area (Å²) in [5.74, 6) is 0. The van der Waals surface area contributed by atoms with Crippen molar-refractivity contribution in [2.45, 2.75) is 27.2 Å². The van der Waals surface area contributed by atoms with Crippen LogP contribution < -0.4 is 0 Å². The van der Waals surface area contributed by atoms with Crippen molar-refractivity contribution in [3.05, 3.63) is 0 Å². The highest BCUT2D eigenvalue weighted by molar-refractivity contribution is 5.57. The van der Waals surface area contributed by atoms with Gasteiger partial charge in [-0.05, 0) is 19.5 Å². The first-order valence-corrected chi connectivity index (χ1v) is 5.23. The molecule has 0 radical (unpaired) electrons. The summed E-state index contributed by atoms with van der Waals surface area (Å²) in [4.78, 5) is 13.0. The third-order valence-corrected chi connectivity index (χ3v) is 2.45. The molecule has 3 nitrogen and oxygen atoms in total. The molecule has 0 bridgehead atoms. The number of hydrogen-bond donors (Lipinski definition) is 0. The van der Waals surface area contributed by atoms with Crippen molar-refractivity contribution in [3.63, 3.8) is 0 Å². The van der Waals surface area contributed by atoms with Crippen LogP contribution in [0.1, 0.15) is 27.2 Å². The lowest BCUT2D eigenvalue weighted by molar-refractivity contribution is -0.115.